The maximum atomic E-state index is 11.5. The fraction of sp³-hybridized carbons (Fsp3) is 0.929. The smallest absolute Gasteiger partial charge is 0.317 e. The predicted molar refractivity (Wildman–Crippen MR) is 83.8 cm³/mol. The maximum absolute atomic E-state index is 11.5. The number of amides is 2. The zero-order chi connectivity index (χ0) is 14.8. The van der Waals surface area contributed by atoms with Crippen LogP contribution >= 0.6 is 0 Å². The van der Waals surface area contributed by atoms with Gasteiger partial charge in [0.15, 0.2) is 0 Å². The summed E-state index contributed by atoms with van der Waals surface area (Å²) in [6.07, 6.45) is 3.12. The molecule has 0 saturated carbocycles. The fourth-order valence-corrected chi connectivity index (χ4v) is 3.91. The summed E-state index contributed by atoms with van der Waals surface area (Å²) in [6.45, 7) is 10.5. The lowest BCUT2D eigenvalue weighted by atomic mass is 10.3. The van der Waals surface area contributed by atoms with Crippen LogP contribution in [-0.4, -0.2) is 59.2 Å². The minimum absolute atomic E-state index is 0.0392. The molecule has 1 aliphatic rings. The summed E-state index contributed by atoms with van der Waals surface area (Å²) in [5.41, 5.74) is 0.627. The van der Waals surface area contributed by atoms with Crippen LogP contribution in [0.3, 0.4) is 0 Å². The summed E-state index contributed by atoms with van der Waals surface area (Å²) >= 11 is 0. The molecule has 118 valence electrons. The fourth-order valence-electron chi connectivity index (χ4n) is 2.23. The third-order valence-electron chi connectivity index (χ3n) is 3.45. The van der Waals surface area contributed by atoms with Gasteiger partial charge in [-0.1, -0.05) is 20.8 Å². The summed E-state index contributed by atoms with van der Waals surface area (Å²) in [6, 6.07) is 0.0832. The van der Waals surface area contributed by atoms with Crippen LogP contribution in [0.5, 0.6) is 0 Å². The van der Waals surface area contributed by atoms with Crippen LogP contribution in [0.15, 0.2) is 0 Å². The molecule has 6 heteroatoms. The van der Waals surface area contributed by atoms with Crippen molar-refractivity contribution in [3.8, 4) is 0 Å². The Labute approximate surface area is 125 Å². The van der Waals surface area contributed by atoms with E-state index in [1.54, 1.807) is 0 Å². The zero-order valence-corrected chi connectivity index (χ0v) is 14.6. The van der Waals surface area contributed by atoms with Gasteiger partial charge < -0.3 is 19.7 Å². The first-order chi connectivity index (χ1) is 9.67. The van der Waals surface area contributed by atoms with Crippen molar-refractivity contribution in [3.05, 3.63) is 0 Å². The van der Waals surface area contributed by atoms with Gasteiger partial charge in [0.05, 0.1) is 9.52 Å². The standard InChI is InChI=1S/C14H30N2O3Si/c1-4-10-18-14(19-11-5-2)20-12(3)6-8-16-9-7-15-13(16)17/h12,14H,4-11,20H2,1-3H3,(H,15,17). The Hall–Kier alpha value is -0.593. The molecule has 1 fully saturated rings. The van der Waals surface area contributed by atoms with E-state index in [4.69, 9.17) is 9.47 Å². The van der Waals surface area contributed by atoms with E-state index in [-0.39, 0.29) is 11.9 Å². The molecule has 0 aromatic rings. The zero-order valence-electron chi connectivity index (χ0n) is 13.2. The number of hydrogen-bond donors (Lipinski definition) is 1. The van der Waals surface area contributed by atoms with Crippen molar-refractivity contribution < 1.29 is 14.3 Å². The minimum Gasteiger partial charge on any atom is -0.357 e. The van der Waals surface area contributed by atoms with E-state index in [1.807, 2.05) is 4.90 Å². The summed E-state index contributed by atoms with van der Waals surface area (Å²) in [7, 11) is -0.449. The van der Waals surface area contributed by atoms with Gasteiger partial charge in [0.1, 0.15) is 5.91 Å². The quantitative estimate of drug-likeness (QED) is 0.465. The van der Waals surface area contributed by atoms with E-state index < -0.39 is 9.52 Å². The number of nitrogens with one attached hydrogen (secondary N) is 1. The second-order valence-electron chi connectivity index (χ2n) is 5.52. The first-order valence-corrected chi connectivity index (χ1v) is 9.56. The molecule has 1 N–H and O–H groups in total. The summed E-state index contributed by atoms with van der Waals surface area (Å²) in [5, 5.41) is 2.84. The molecule has 5 nitrogen and oxygen atoms in total. The number of rotatable bonds is 11. The van der Waals surface area contributed by atoms with Crippen molar-refractivity contribution in [1.29, 1.82) is 0 Å². The first-order valence-electron chi connectivity index (χ1n) is 7.93. The first kappa shape index (κ1) is 17.5. The lowest BCUT2D eigenvalue weighted by Gasteiger charge is -2.22. The second-order valence-corrected chi connectivity index (χ2v) is 8.05. The molecule has 1 heterocycles. The van der Waals surface area contributed by atoms with Crippen LogP contribution in [0.2, 0.25) is 5.54 Å². The van der Waals surface area contributed by atoms with Gasteiger partial charge in [-0.15, -0.1) is 0 Å². The van der Waals surface area contributed by atoms with Gasteiger partial charge in [-0.05, 0) is 24.8 Å². The molecule has 1 unspecified atom stereocenters. The van der Waals surface area contributed by atoms with E-state index in [0.29, 0.717) is 5.54 Å². The van der Waals surface area contributed by atoms with Gasteiger partial charge in [-0.3, -0.25) is 0 Å². The molecule has 2 amide bonds. The normalized spacial score (nSPS) is 17.4. The van der Waals surface area contributed by atoms with Gasteiger partial charge >= 0.3 is 6.03 Å². The van der Waals surface area contributed by atoms with E-state index in [0.717, 1.165) is 52.1 Å². The highest BCUT2D eigenvalue weighted by atomic mass is 28.2. The summed E-state index contributed by atoms with van der Waals surface area (Å²) in [4.78, 5) is 13.4. The second kappa shape index (κ2) is 10.2. The number of urea groups is 1. The topological polar surface area (TPSA) is 50.8 Å². The van der Waals surface area contributed by atoms with Gasteiger partial charge in [0.2, 0.25) is 0 Å². The van der Waals surface area contributed by atoms with Crippen LogP contribution < -0.4 is 5.32 Å². The number of carbonyl (C=O) groups is 1. The Bertz CT molecular complexity index is 271. The highest BCUT2D eigenvalue weighted by molar-refractivity contribution is 6.38. The number of ether oxygens (including phenoxy) is 2. The Morgan fingerprint density at radius 1 is 1.30 bits per heavy atom. The van der Waals surface area contributed by atoms with Crippen LogP contribution in [0.25, 0.3) is 0 Å². The molecular weight excluding hydrogens is 272 g/mol. The largest absolute Gasteiger partial charge is 0.357 e. The van der Waals surface area contributed by atoms with Crippen LogP contribution in [-0.2, 0) is 9.47 Å². The van der Waals surface area contributed by atoms with Crippen molar-refractivity contribution in [1.82, 2.24) is 10.2 Å². The third-order valence-corrected chi connectivity index (χ3v) is 5.52. The molecule has 0 radical (unpaired) electrons. The van der Waals surface area contributed by atoms with E-state index in [1.165, 1.54) is 0 Å². The highest BCUT2D eigenvalue weighted by Gasteiger charge is 2.21. The van der Waals surface area contributed by atoms with Crippen molar-refractivity contribution in [3.63, 3.8) is 0 Å². The summed E-state index contributed by atoms with van der Waals surface area (Å²) < 4.78 is 11.6. The lowest BCUT2D eigenvalue weighted by molar-refractivity contribution is -0.0910. The molecular formula is C14H30N2O3Si. The molecule has 0 aliphatic carbocycles. The van der Waals surface area contributed by atoms with Crippen molar-refractivity contribution in [2.24, 2.45) is 0 Å². The van der Waals surface area contributed by atoms with Gasteiger partial charge in [0, 0.05) is 32.8 Å². The molecule has 1 saturated heterocycles. The Morgan fingerprint density at radius 2 is 1.95 bits per heavy atom. The summed E-state index contributed by atoms with van der Waals surface area (Å²) in [5.74, 6) is 0.0392. The average Bonchev–Trinajstić information content (AvgIpc) is 2.85. The van der Waals surface area contributed by atoms with E-state index >= 15 is 0 Å². The molecule has 20 heavy (non-hydrogen) atoms. The third kappa shape index (κ3) is 6.72. The van der Waals surface area contributed by atoms with Gasteiger partial charge in [-0.25, -0.2) is 4.79 Å². The van der Waals surface area contributed by atoms with Gasteiger partial charge in [0.25, 0.3) is 0 Å². The monoisotopic (exact) mass is 302 g/mol. The number of carbonyl (C=O) groups excluding carboxylic acids is 1. The molecule has 1 aliphatic heterocycles. The highest BCUT2D eigenvalue weighted by Crippen LogP contribution is 2.14. The minimum atomic E-state index is -0.449. The van der Waals surface area contributed by atoms with Gasteiger partial charge in [-0.2, -0.15) is 0 Å². The van der Waals surface area contributed by atoms with Crippen LogP contribution in [0, 0.1) is 0 Å². The molecule has 1 atom stereocenters. The molecule has 1 rings (SSSR count). The molecule has 0 aromatic carbocycles. The average molecular weight is 302 g/mol. The lowest BCUT2D eigenvalue weighted by Crippen LogP contribution is -2.32. The van der Waals surface area contributed by atoms with Crippen molar-refractivity contribution >= 4 is 15.6 Å². The Balaban J connectivity index is 2.24. The molecule has 0 bridgehead atoms. The molecule has 0 spiro atoms. The van der Waals surface area contributed by atoms with Crippen LogP contribution in [0.1, 0.15) is 40.0 Å². The maximum Gasteiger partial charge on any atom is 0.317 e. The number of nitrogens with zero attached hydrogens (tertiary/aromatic N) is 1. The van der Waals surface area contributed by atoms with Crippen molar-refractivity contribution in [2.45, 2.75) is 51.5 Å². The Kier molecular flexibility index (Phi) is 8.89. The molecule has 0 aromatic heterocycles. The van der Waals surface area contributed by atoms with Crippen LogP contribution in [0.4, 0.5) is 4.79 Å². The van der Waals surface area contributed by atoms with E-state index in [2.05, 4.69) is 26.1 Å². The predicted octanol–water partition coefficient (Wildman–Crippen LogP) is 1.52. The number of hydrogen-bond acceptors (Lipinski definition) is 3. The Morgan fingerprint density at radius 3 is 2.45 bits per heavy atom. The van der Waals surface area contributed by atoms with E-state index in [9.17, 15) is 4.79 Å². The van der Waals surface area contributed by atoms with Crippen molar-refractivity contribution in [2.75, 3.05) is 32.8 Å². The SMILES string of the molecule is CCCOC(OCCC)[SiH2]C(C)CCN1CCNC1=O.